The summed E-state index contributed by atoms with van der Waals surface area (Å²) in [6.07, 6.45) is 2.54. The van der Waals surface area contributed by atoms with Gasteiger partial charge in [-0.25, -0.2) is 8.42 Å². The third-order valence-corrected chi connectivity index (χ3v) is 5.05. The Kier molecular flexibility index (Phi) is 7.19. The van der Waals surface area contributed by atoms with Crippen LogP contribution in [-0.2, 0) is 14.8 Å². The summed E-state index contributed by atoms with van der Waals surface area (Å²) in [5.41, 5.74) is 0.841. The van der Waals surface area contributed by atoms with E-state index in [0.717, 1.165) is 10.6 Å². The highest BCUT2D eigenvalue weighted by Gasteiger charge is 2.22. The van der Waals surface area contributed by atoms with Gasteiger partial charge in [-0.3, -0.25) is 13.9 Å². The second-order valence-corrected chi connectivity index (χ2v) is 8.18. The van der Waals surface area contributed by atoms with Crippen LogP contribution < -0.4 is 14.9 Å². The van der Waals surface area contributed by atoms with Crippen molar-refractivity contribution in [1.82, 2.24) is 5.32 Å². The lowest BCUT2D eigenvalue weighted by atomic mass is 10.1. The maximum atomic E-state index is 12.5. The van der Waals surface area contributed by atoms with Crippen LogP contribution in [-0.4, -0.2) is 39.6 Å². The monoisotopic (exact) mass is 421 g/mol. The van der Waals surface area contributed by atoms with Crippen LogP contribution in [0.1, 0.15) is 10.4 Å². The number of hydrogen-bond acceptors (Lipinski definition) is 4. The second kappa shape index (κ2) is 9.38. The standard InChI is InChI=1S/C19H20ClN3O4S/c1-3-12-21-19(25)16-6-4-5-7-17(16)22-18(24)13-23(28(2,26)27)15-10-8-14(20)9-11-15/h3-11H,1,12-13H2,2H3,(H,21,25)(H,22,24). The van der Waals surface area contributed by atoms with Crippen molar-refractivity contribution in [2.45, 2.75) is 0 Å². The lowest BCUT2D eigenvalue weighted by Gasteiger charge is -2.22. The minimum absolute atomic E-state index is 0.259. The van der Waals surface area contributed by atoms with E-state index in [1.54, 1.807) is 24.3 Å². The number of anilines is 2. The van der Waals surface area contributed by atoms with E-state index in [2.05, 4.69) is 17.2 Å². The smallest absolute Gasteiger partial charge is 0.253 e. The molecule has 0 saturated carbocycles. The van der Waals surface area contributed by atoms with Crippen molar-refractivity contribution in [2.75, 3.05) is 29.0 Å². The van der Waals surface area contributed by atoms with Crippen molar-refractivity contribution in [3.8, 4) is 0 Å². The van der Waals surface area contributed by atoms with E-state index in [9.17, 15) is 18.0 Å². The van der Waals surface area contributed by atoms with Crippen molar-refractivity contribution >= 4 is 44.8 Å². The summed E-state index contributed by atoms with van der Waals surface area (Å²) in [6.45, 7) is 3.35. The van der Waals surface area contributed by atoms with Gasteiger partial charge in [0.2, 0.25) is 15.9 Å². The molecule has 9 heteroatoms. The molecule has 2 aromatic rings. The first-order chi connectivity index (χ1) is 13.2. The van der Waals surface area contributed by atoms with Gasteiger partial charge in [-0.05, 0) is 36.4 Å². The predicted molar refractivity (Wildman–Crippen MR) is 111 cm³/mol. The molecule has 2 N–H and O–H groups in total. The number of amides is 2. The van der Waals surface area contributed by atoms with Crippen LogP contribution in [0.3, 0.4) is 0 Å². The Morgan fingerprint density at radius 3 is 2.39 bits per heavy atom. The van der Waals surface area contributed by atoms with Crippen molar-refractivity contribution in [3.63, 3.8) is 0 Å². The topological polar surface area (TPSA) is 95.6 Å². The molecule has 0 bridgehead atoms. The molecule has 2 rings (SSSR count). The molecule has 0 aromatic heterocycles. The SMILES string of the molecule is C=CCNC(=O)c1ccccc1NC(=O)CN(c1ccc(Cl)cc1)S(C)(=O)=O. The average molecular weight is 422 g/mol. The second-order valence-electron chi connectivity index (χ2n) is 5.84. The molecule has 0 aliphatic rings. The Hall–Kier alpha value is -2.84. The molecule has 7 nitrogen and oxygen atoms in total. The number of rotatable bonds is 8. The van der Waals surface area contributed by atoms with Crippen LogP contribution in [0.2, 0.25) is 5.02 Å². The van der Waals surface area contributed by atoms with Gasteiger partial charge < -0.3 is 10.6 Å². The Balaban J connectivity index is 2.21. The fourth-order valence-corrected chi connectivity index (χ4v) is 3.36. The molecule has 28 heavy (non-hydrogen) atoms. The summed E-state index contributed by atoms with van der Waals surface area (Å²) in [5, 5.41) is 5.67. The number of nitrogens with zero attached hydrogens (tertiary/aromatic N) is 1. The van der Waals surface area contributed by atoms with Crippen LogP contribution in [0, 0.1) is 0 Å². The molecular weight excluding hydrogens is 402 g/mol. The van der Waals surface area contributed by atoms with E-state index in [4.69, 9.17) is 11.6 Å². The van der Waals surface area contributed by atoms with E-state index in [0.29, 0.717) is 10.7 Å². The van der Waals surface area contributed by atoms with Crippen LogP contribution in [0.15, 0.2) is 61.2 Å². The summed E-state index contributed by atoms with van der Waals surface area (Å²) < 4.78 is 25.2. The van der Waals surface area contributed by atoms with Crippen molar-refractivity contribution in [3.05, 3.63) is 71.8 Å². The molecule has 0 unspecified atom stereocenters. The maximum Gasteiger partial charge on any atom is 0.253 e. The van der Waals surface area contributed by atoms with Crippen LogP contribution >= 0.6 is 11.6 Å². The lowest BCUT2D eigenvalue weighted by molar-refractivity contribution is -0.114. The zero-order valence-electron chi connectivity index (χ0n) is 15.2. The van der Waals surface area contributed by atoms with Crippen LogP contribution in [0.5, 0.6) is 0 Å². The number of carbonyl (C=O) groups is 2. The number of carbonyl (C=O) groups excluding carboxylic acids is 2. The van der Waals surface area contributed by atoms with Gasteiger partial charge in [-0.15, -0.1) is 6.58 Å². The molecule has 0 radical (unpaired) electrons. The third-order valence-electron chi connectivity index (χ3n) is 3.65. The first kappa shape index (κ1) is 21.5. The fourth-order valence-electron chi connectivity index (χ4n) is 2.38. The van der Waals surface area contributed by atoms with Crippen molar-refractivity contribution < 1.29 is 18.0 Å². The molecule has 0 aliphatic heterocycles. The average Bonchev–Trinajstić information content (AvgIpc) is 2.64. The van der Waals surface area contributed by atoms with E-state index in [1.165, 1.54) is 30.3 Å². The van der Waals surface area contributed by atoms with E-state index in [1.807, 2.05) is 0 Å². The molecule has 2 aromatic carbocycles. The molecule has 2 amide bonds. The number of para-hydroxylation sites is 1. The molecule has 148 valence electrons. The van der Waals surface area contributed by atoms with Gasteiger partial charge in [0.05, 0.1) is 23.2 Å². The van der Waals surface area contributed by atoms with Crippen LogP contribution in [0.25, 0.3) is 0 Å². The minimum atomic E-state index is -3.72. The number of halogens is 1. The molecule has 0 spiro atoms. The molecular formula is C19H20ClN3O4S. The highest BCUT2D eigenvalue weighted by Crippen LogP contribution is 2.21. The first-order valence-corrected chi connectivity index (χ1v) is 10.5. The Labute approximate surface area is 169 Å². The van der Waals surface area contributed by atoms with Crippen molar-refractivity contribution in [2.24, 2.45) is 0 Å². The van der Waals surface area contributed by atoms with Gasteiger partial charge in [-0.2, -0.15) is 0 Å². The molecule has 0 saturated heterocycles. The minimum Gasteiger partial charge on any atom is -0.349 e. The number of benzene rings is 2. The maximum absolute atomic E-state index is 12.5. The molecule has 0 heterocycles. The summed E-state index contributed by atoms with van der Waals surface area (Å²) in [7, 11) is -3.72. The normalized spacial score (nSPS) is 10.8. The highest BCUT2D eigenvalue weighted by molar-refractivity contribution is 7.92. The van der Waals surface area contributed by atoms with E-state index < -0.39 is 22.5 Å². The van der Waals surface area contributed by atoms with Gasteiger partial charge in [0.25, 0.3) is 5.91 Å². The largest absolute Gasteiger partial charge is 0.349 e. The zero-order chi connectivity index (χ0) is 20.7. The quantitative estimate of drug-likeness (QED) is 0.640. The number of sulfonamides is 1. The first-order valence-electron chi connectivity index (χ1n) is 8.23. The Morgan fingerprint density at radius 1 is 1.14 bits per heavy atom. The predicted octanol–water partition coefficient (Wildman–Crippen LogP) is 2.66. The molecule has 0 fully saturated rings. The Morgan fingerprint density at radius 2 is 1.79 bits per heavy atom. The molecule has 0 aliphatic carbocycles. The van der Waals surface area contributed by atoms with Gasteiger partial charge >= 0.3 is 0 Å². The van der Waals surface area contributed by atoms with Gasteiger partial charge in [-0.1, -0.05) is 29.8 Å². The summed E-state index contributed by atoms with van der Waals surface area (Å²) in [6, 6.07) is 12.5. The van der Waals surface area contributed by atoms with Crippen molar-refractivity contribution in [1.29, 1.82) is 0 Å². The van der Waals surface area contributed by atoms with E-state index in [-0.39, 0.29) is 23.7 Å². The third kappa shape index (κ3) is 5.83. The summed E-state index contributed by atoms with van der Waals surface area (Å²) in [4.78, 5) is 24.7. The van der Waals surface area contributed by atoms with Gasteiger partial charge in [0.15, 0.2) is 0 Å². The fraction of sp³-hybridized carbons (Fsp3) is 0.158. The Bertz CT molecular complexity index is 975. The van der Waals surface area contributed by atoms with Gasteiger partial charge in [0.1, 0.15) is 6.54 Å². The van der Waals surface area contributed by atoms with Gasteiger partial charge in [0, 0.05) is 11.6 Å². The van der Waals surface area contributed by atoms with Crippen LogP contribution in [0.4, 0.5) is 11.4 Å². The molecule has 0 atom stereocenters. The summed E-state index contributed by atoms with van der Waals surface area (Å²) >= 11 is 5.84. The summed E-state index contributed by atoms with van der Waals surface area (Å²) in [5.74, 6) is -0.974. The highest BCUT2D eigenvalue weighted by atomic mass is 35.5. The zero-order valence-corrected chi connectivity index (χ0v) is 16.8. The lowest BCUT2D eigenvalue weighted by Crippen LogP contribution is -2.37. The van der Waals surface area contributed by atoms with E-state index >= 15 is 0 Å². The number of nitrogens with one attached hydrogen (secondary N) is 2. The number of hydrogen-bond donors (Lipinski definition) is 2.